The second-order valence-corrected chi connectivity index (χ2v) is 10.3. The summed E-state index contributed by atoms with van der Waals surface area (Å²) in [6.07, 6.45) is 9.27. The molecule has 0 bridgehead atoms. The van der Waals surface area contributed by atoms with Crippen molar-refractivity contribution in [1.29, 1.82) is 0 Å². The summed E-state index contributed by atoms with van der Waals surface area (Å²) in [5.74, 6) is 1.52. The smallest absolute Gasteiger partial charge is 0.222 e. The topological polar surface area (TPSA) is 55.3 Å². The third-order valence-electron chi connectivity index (χ3n) is 5.97. The van der Waals surface area contributed by atoms with Gasteiger partial charge in [-0.2, -0.15) is 0 Å². The van der Waals surface area contributed by atoms with Gasteiger partial charge in [-0.05, 0) is 62.5 Å². The van der Waals surface area contributed by atoms with E-state index in [1.807, 2.05) is 6.20 Å². The molecule has 0 radical (unpaired) electrons. The van der Waals surface area contributed by atoms with E-state index in [2.05, 4.69) is 34.3 Å². The number of carbonyl (C=O) groups is 1. The summed E-state index contributed by atoms with van der Waals surface area (Å²) >= 11 is 3.47. The minimum Gasteiger partial charge on any atom is -0.377 e. The molecule has 2 aromatic rings. The molecule has 0 spiro atoms. The van der Waals surface area contributed by atoms with Gasteiger partial charge in [-0.15, -0.1) is 11.3 Å². The van der Waals surface area contributed by atoms with Crippen LogP contribution in [0.5, 0.6) is 0 Å². The quantitative estimate of drug-likeness (QED) is 0.430. The Hall–Kier alpha value is -1.44. The average Bonchev–Trinajstić information content (AvgIpc) is 3.47. The number of aromatic nitrogens is 2. The first-order chi connectivity index (χ1) is 14.7. The van der Waals surface area contributed by atoms with Crippen LogP contribution in [0.2, 0.25) is 0 Å². The van der Waals surface area contributed by atoms with E-state index in [0.29, 0.717) is 18.4 Å². The second-order valence-electron chi connectivity index (χ2n) is 8.28. The molecule has 4 heterocycles. The van der Waals surface area contributed by atoms with Crippen molar-refractivity contribution in [2.24, 2.45) is 0 Å². The van der Waals surface area contributed by atoms with Gasteiger partial charge in [0.1, 0.15) is 0 Å². The van der Waals surface area contributed by atoms with E-state index >= 15 is 0 Å². The molecule has 162 valence electrons. The number of rotatable bonds is 8. The van der Waals surface area contributed by atoms with Crippen molar-refractivity contribution >= 4 is 29.0 Å². The summed E-state index contributed by atoms with van der Waals surface area (Å²) in [6, 6.07) is 4.23. The van der Waals surface area contributed by atoms with Crippen molar-refractivity contribution in [2.75, 3.05) is 25.4 Å². The SMILES string of the molecule is Cc1cnc(SCC2CCCO2)nc1C1CCCN(C(=O)CCCc2cccs2)C1. The Morgan fingerprint density at radius 3 is 3.10 bits per heavy atom. The maximum Gasteiger partial charge on any atom is 0.222 e. The Balaban J connectivity index is 1.32. The van der Waals surface area contributed by atoms with E-state index in [1.54, 1.807) is 23.1 Å². The molecular weight excluding hydrogens is 414 g/mol. The maximum absolute atomic E-state index is 12.8. The first-order valence-electron chi connectivity index (χ1n) is 11.1. The predicted molar refractivity (Wildman–Crippen MR) is 122 cm³/mol. The van der Waals surface area contributed by atoms with Crippen LogP contribution in [0.4, 0.5) is 0 Å². The lowest BCUT2D eigenvalue weighted by atomic mass is 9.92. The van der Waals surface area contributed by atoms with Gasteiger partial charge in [0.25, 0.3) is 0 Å². The molecule has 2 atom stereocenters. The van der Waals surface area contributed by atoms with Crippen LogP contribution >= 0.6 is 23.1 Å². The van der Waals surface area contributed by atoms with E-state index in [0.717, 1.165) is 80.4 Å². The normalized spacial score (nSPS) is 21.8. The zero-order chi connectivity index (χ0) is 20.8. The molecule has 2 aromatic heterocycles. The number of hydrogen-bond acceptors (Lipinski definition) is 6. The highest BCUT2D eigenvalue weighted by molar-refractivity contribution is 7.99. The number of hydrogen-bond donors (Lipinski definition) is 0. The Labute approximate surface area is 187 Å². The maximum atomic E-state index is 12.8. The van der Waals surface area contributed by atoms with Gasteiger partial charge in [0, 0.05) is 48.9 Å². The minimum absolute atomic E-state index is 0.288. The van der Waals surface area contributed by atoms with E-state index < -0.39 is 0 Å². The van der Waals surface area contributed by atoms with Gasteiger partial charge in [-0.1, -0.05) is 17.8 Å². The van der Waals surface area contributed by atoms with E-state index in [-0.39, 0.29) is 5.91 Å². The van der Waals surface area contributed by atoms with E-state index in [9.17, 15) is 4.79 Å². The lowest BCUT2D eigenvalue weighted by Gasteiger charge is -2.33. The zero-order valence-corrected chi connectivity index (χ0v) is 19.3. The van der Waals surface area contributed by atoms with E-state index in [4.69, 9.17) is 9.72 Å². The van der Waals surface area contributed by atoms with Crippen molar-refractivity contribution in [2.45, 2.75) is 69.0 Å². The molecule has 2 aliphatic heterocycles. The number of nitrogens with zero attached hydrogens (tertiary/aromatic N) is 3. The van der Waals surface area contributed by atoms with Crippen LogP contribution < -0.4 is 0 Å². The predicted octanol–water partition coefficient (Wildman–Crippen LogP) is 4.85. The number of amides is 1. The first-order valence-corrected chi connectivity index (χ1v) is 12.9. The van der Waals surface area contributed by atoms with Crippen LogP contribution in [0.1, 0.15) is 60.6 Å². The Kier molecular flexibility index (Phi) is 7.79. The molecule has 2 aliphatic rings. The highest BCUT2D eigenvalue weighted by atomic mass is 32.2. The summed E-state index contributed by atoms with van der Waals surface area (Å²) in [5, 5.41) is 2.94. The summed E-state index contributed by atoms with van der Waals surface area (Å²) < 4.78 is 5.72. The Morgan fingerprint density at radius 2 is 2.30 bits per heavy atom. The molecule has 30 heavy (non-hydrogen) atoms. The zero-order valence-electron chi connectivity index (χ0n) is 17.7. The summed E-state index contributed by atoms with van der Waals surface area (Å²) in [6.45, 7) is 4.63. The second kappa shape index (κ2) is 10.7. The van der Waals surface area contributed by atoms with Crippen molar-refractivity contribution in [3.8, 4) is 0 Å². The number of carbonyl (C=O) groups excluding carboxylic acids is 1. The molecule has 2 unspecified atom stereocenters. The van der Waals surface area contributed by atoms with Gasteiger partial charge in [0.15, 0.2) is 5.16 Å². The fourth-order valence-corrected chi connectivity index (χ4v) is 5.96. The van der Waals surface area contributed by atoms with Crippen molar-refractivity contribution in [3.05, 3.63) is 39.8 Å². The van der Waals surface area contributed by atoms with Crippen molar-refractivity contribution in [3.63, 3.8) is 0 Å². The van der Waals surface area contributed by atoms with Gasteiger partial charge in [-0.25, -0.2) is 9.97 Å². The van der Waals surface area contributed by atoms with Crippen LogP contribution in [0.25, 0.3) is 0 Å². The third kappa shape index (κ3) is 5.83. The number of piperidine rings is 1. The number of thiophene rings is 1. The number of thioether (sulfide) groups is 1. The number of likely N-dealkylation sites (tertiary alicyclic amines) is 1. The first kappa shape index (κ1) is 21.8. The van der Waals surface area contributed by atoms with Crippen LogP contribution in [-0.2, 0) is 16.0 Å². The van der Waals surface area contributed by atoms with Crippen molar-refractivity contribution < 1.29 is 9.53 Å². The standard InChI is InChI=1S/C23H31N3O2S2/c1-17-14-24-23(30-16-19-7-4-12-28-19)25-22(17)18-6-3-11-26(15-18)21(27)10-2-8-20-9-5-13-29-20/h5,9,13-14,18-19H,2-4,6-8,10-12,15-16H2,1H3. The molecule has 2 fully saturated rings. The fourth-order valence-electron chi connectivity index (χ4n) is 4.32. The van der Waals surface area contributed by atoms with Crippen LogP contribution in [0.15, 0.2) is 28.9 Å². The Morgan fingerprint density at radius 1 is 1.37 bits per heavy atom. The molecule has 5 nitrogen and oxygen atoms in total. The van der Waals surface area contributed by atoms with Gasteiger partial charge < -0.3 is 9.64 Å². The highest BCUT2D eigenvalue weighted by Crippen LogP contribution is 2.30. The van der Waals surface area contributed by atoms with Crippen LogP contribution in [0, 0.1) is 6.92 Å². The summed E-state index contributed by atoms with van der Waals surface area (Å²) in [7, 11) is 0. The molecule has 2 saturated heterocycles. The summed E-state index contributed by atoms with van der Waals surface area (Å²) in [5.41, 5.74) is 2.25. The third-order valence-corrected chi connectivity index (χ3v) is 7.90. The molecular formula is C23H31N3O2S2. The number of ether oxygens (including phenoxy) is 1. The average molecular weight is 446 g/mol. The molecule has 0 aliphatic carbocycles. The van der Waals surface area contributed by atoms with Gasteiger partial charge in [-0.3, -0.25) is 4.79 Å². The fraction of sp³-hybridized carbons (Fsp3) is 0.609. The van der Waals surface area contributed by atoms with Gasteiger partial charge in [0.05, 0.1) is 11.8 Å². The molecule has 1 amide bonds. The van der Waals surface area contributed by atoms with Crippen LogP contribution in [0.3, 0.4) is 0 Å². The molecule has 0 N–H and O–H groups in total. The molecule has 4 rings (SSSR count). The van der Waals surface area contributed by atoms with Crippen molar-refractivity contribution in [1.82, 2.24) is 14.9 Å². The van der Waals surface area contributed by atoms with E-state index in [1.165, 1.54) is 4.88 Å². The lowest BCUT2D eigenvalue weighted by molar-refractivity contribution is -0.132. The molecule has 0 aromatic carbocycles. The molecule has 0 saturated carbocycles. The van der Waals surface area contributed by atoms with Gasteiger partial charge in [0.2, 0.25) is 5.91 Å². The highest BCUT2D eigenvalue weighted by Gasteiger charge is 2.27. The number of aryl methyl sites for hydroxylation is 2. The largest absolute Gasteiger partial charge is 0.377 e. The monoisotopic (exact) mass is 445 g/mol. The molecule has 7 heteroatoms. The van der Waals surface area contributed by atoms with Gasteiger partial charge >= 0.3 is 0 Å². The Bertz CT molecular complexity index is 822. The minimum atomic E-state index is 0.288. The van der Waals surface area contributed by atoms with Crippen LogP contribution in [-0.4, -0.2) is 52.3 Å². The lowest BCUT2D eigenvalue weighted by Crippen LogP contribution is -2.39. The summed E-state index contributed by atoms with van der Waals surface area (Å²) in [4.78, 5) is 25.6.